The predicted molar refractivity (Wildman–Crippen MR) is 236 cm³/mol. The molecule has 0 unspecified atom stereocenters. The number of rotatable bonds is 0. The van der Waals surface area contributed by atoms with Crippen LogP contribution in [0.1, 0.15) is 96.7 Å². The summed E-state index contributed by atoms with van der Waals surface area (Å²) in [6, 6.07) is 35.3. The summed E-state index contributed by atoms with van der Waals surface area (Å²) >= 11 is 0. The summed E-state index contributed by atoms with van der Waals surface area (Å²) in [4.78, 5) is 2.44. The number of likely N-dealkylation sites (tertiary alicyclic amines) is 1. The average Bonchev–Trinajstić information content (AvgIpc) is 4.03. The molecule has 0 aromatic heterocycles. The number of fused-ring (bicyclic) bond motifs is 8. The van der Waals surface area contributed by atoms with Gasteiger partial charge >= 0.3 is 0 Å². The third-order valence-corrected chi connectivity index (χ3v) is 15.1. The maximum absolute atomic E-state index is 6.01. The molecule has 300 valence electrons. The van der Waals surface area contributed by atoms with Crippen molar-refractivity contribution < 1.29 is 4.74 Å². The molecule has 0 saturated carbocycles. The van der Waals surface area contributed by atoms with Gasteiger partial charge in [-0.25, -0.2) is 0 Å². The van der Waals surface area contributed by atoms with Gasteiger partial charge in [0.1, 0.15) is 0 Å². The highest BCUT2D eigenvalue weighted by Crippen LogP contribution is 2.46. The van der Waals surface area contributed by atoms with Crippen LogP contribution in [0, 0.1) is 0 Å². The van der Waals surface area contributed by atoms with E-state index in [1.807, 2.05) is 0 Å². The van der Waals surface area contributed by atoms with E-state index in [9.17, 15) is 0 Å². The number of anilines is 1. The first-order valence-electron chi connectivity index (χ1n) is 22.3. The van der Waals surface area contributed by atoms with E-state index in [1.54, 1.807) is 22.3 Å². The number of aryl methyl sites for hydroxylation is 1. The van der Waals surface area contributed by atoms with Crippen molar-refractivity contribution in [1.29, 1.82) is 0 Å². The maximum Gasteiger partial charge on any atom is 0.0963 e. The molecule has 4 saturated heterocycles. The maximum atomic E-state index is 6.01. The van der Waals surface area contributed by atoms with Gasteiger partial charge in [0, 0.05) is 23.1 Å². The molecule has 4 fully saturated rings. The number of nitrogens with one attached hydrogen (secondary N) is 4. The molecule has 4 aromatic carbocycles. The zero-order chi connectivity index (χ0) is 38.6. The van der Waals surface area contributed by atoms with Gasteiger partial charge in [-0.1, -0.05) is 103 Å². The van der Waals surface area contributed by atoms with Crippen molar-refractivity contribution in [3.05, 3.63) is 142 Å². The Morgan fingerprint density at radius 1 is 0.526 bits per heavy atom. The van der Waals surface area contributed by atoms with Gasteiger partial charge in [-0.3, -0.25) is 0 Å². The van der Waals surface area contributed by atoms with Crippen molar-refractivity contribution >= 4 is 11.8 Å². The molecule has 0 radical (unpaired) electrons. The lowest BCUT2D eigenvalue weighted by atomic mass is 9.74. The second-order valence-electron chi connectivity index (χ2n) is 18.2. The first-order valence-corrected chi connectivity index (χ1v) is 22.3. The molecule has 0 amide bonds. The predicted octanol–water partition coefficient (Wildman–Crippen LogP) is 8.46. The van der Waals surface area contributed by atoms with Crippen LogP contribution in [0.3, 0.4) is 0 Å². The van der Waals surface area contributed by atoms with E-state index in [4.69, 9.17) is 4.74 Å². The van der Waals surface area contributed by atoms with E-state index in [1.165, 1.54) is 99.9 Å². The van der Waals surface area contributed by atoms with Gasteiger partial charge in [-0.05, 0) is 174 Å². The van der Waals surface area contributed by atoms with Gasteiger partial charge in [0.2, 0.25) is 0 Å². The molecule has 2 aliphatic carbocycles. The van der Waals surface area contributed by atoms with E-state index < -0.39 is 0 Å². The first kappa shape index (κ1) is 38.7. The van der Waals surface area contributed by atoms with E-state index in [0.717, 1.165) is 52.2 Å². The Hall–Kier alpha value is -3.78. The van der Waals surface area contributed by atoms with Gasteiger partial charge < -0.3 is 30.9 Å². The Labute approximate surface area is 342 Å². The number of hydrogen-bond donors (Lipinski definition) is 4. The standard InChI is InChI=1S/C13H18N2.C13H17N.C13H15N.C12H15NO/c1-15-8-6-13(7-9-15)10-14-12-5-3-2-4-11(12)13;2*1-2-4-12-11(3-1)5-6-13(12)7-9-14-10-8-13;1-2-4-11-10(3-1)9-14-12(11)5-7-13-8-6-12/h2-5,14H,6-10H2,1H3;1-4,14H,5-10H2;1-6,14H,7-10H2;1-4,13H,5-9H2. The molecular formula is C51H65N5O. The van der Waals surface area contributed by atoms with E-state index in [2.05, 4.69) is 142 Å². The molecule has 8 aliphatic rings. The summed E-state index contributed by atoms with van der Waals surface area (Å²) in [6.45, 7) is 11.3. The van der Waals surface area contributed by atoms with Crippen LogP contribution in [-0.2, 0) is 39.6 Å². The smallest absolute Gasteiger partial charge is 0.0963 e. The van der Waals surface area contributed by atoms with Crippen molar-refractivity contribution in [1.82, 2.24) is 20.9 Å². The first-order chi connectivity index (χ1) is 28.0. The molecule has 6 nitrogen and oxygen atoms in total. The summed E-state index contributed by atoms with van der Waals surface area (Å²) in [6.07, 6.45) is 17.4. The Bertz CT molecular complexity index is 1910. The van der Waals surface area contributed by atoms with E-state index >= 15 is 0 Å². The Morgan fingerprint density at radius 2 is 1.11 bits per heavy atom. The van der Waals surface area contributed by atoms with Crippen LogP contribution in [0.25, 0.3) is 6.08 Å². The molecule has 0 atom stereocenters. The average molecular weight is 764 g/mol. The van der Waals surface area contributed by atoms with Gasteiger partial charge in [0.15, 0.2) is 0 Å². The lowest BCUT2D eigenvalue weighted by Crippen LogP contribution is -2.42. The largest absolute Gasteiger partial charge is 0.384 e. The summed E-state index contributed by atoms with van der Waals surface area (Å²) < 4.78 is 6.01. The number of hydrogen-bond acceptors (Lipinski definition) is 6. The highest BCUT2D eigenvalue weighted by atomic mass is 16.5. The lowest BCUT2D eigenvalue weighted by molar-refractivity contribution is -0.0590. The fraction of sp³-hybridized carbons (Fsp3) is 0.490. The van der Waals surface area contributed by atoms with E-state index in [-0.39, 0.29) is 5.60 Å². The molecule has 6 aliphatic heterocycles. The van der Waals surface area contributed by atoms with Crippen LogP contribution < -0.4 is 21.3 Å². The fourth-order valence-corrected chi connectivity index (χ4v) is 11.5. The van der Waals surface area contributed by atoms with Crippen molar-refractivity contribution in [3.8, 4) is 0 Å². The van der Waals surface area contributed by atoms with Crippen LogP contribution >= 0.6 is 0 Å². The van der Waals surface area contributed by atoms with Crippen LogP contribution in [0.4, 0.5) is 5.69 Å². The van der Waals surface area contributed by atoms with Crippen molar-refractivity contribution in [2.45, 2.75) is 92.7 Å². The third kappa shape index (κ3) is 7.77. The van der Waals surface area contributed by atoms with Gasteiger partial charge in [-0.2, -0.15) is 0 Å². The summed E-state index contributed by atoms with van der Waals surface area (Å²) in [5.74, 6) is 0. The molecule has 6 heterocycles. The van der Waals surface area contributed by atoms with Crippen LogP contribution in [0.15, 0.2) is 103 Å². The lowest BCUT2D eigenvalue weighted by Gasteiger charge is -2.37. The topological polar surface area (TPSA) is 60.6 Å². The molecule has 0 bridgehead atoms. The van der Waals surface area contributed by atoms with Crippen LogP contribution in [0.2, 0.25) is 0 Å². The number of benzene rings is 4. The number of nitrogens with zero attached hydrogens (tertiary/aromatic N) is 1. The minimum absolute atomic E-state index is 0.0435. The third-order valence-electron chi connectivity index (χ3n) is 15.1. The normalized spacial score (nSPS) is 23.5. The second kappa shape index (κ2) is 16.8. The molecule has 4 aromatic rings. The molecule has 4 N–H and O–H groups in total. The summed E-state index contributed by atoms with van der Waals surface area (Å²) in [5, 5.41) is 13.8. The van der Waals surface area contributed by atoms with Crippen molar-refractivity contribution in [2.24, 2.45) is 0 Å². The quantitative estimate of drug-likeness (QED) is 0.144. The molecule has 4 spiro atoms. The van der Waals surface area contributed by atoms with Crippen molar-refractivity contribution in [3.63, 3.8) is 0 Å². The number of allylic oxidation sites excluding steroid dienone is 1. The number of para-hydroxylation sites is 1. The summed E-state index contributed by atoms with van der Waals surface area (Å²) in [5.41, 5.74) is 13.3. The molecule has 6 heteroatoms. The monoisotopic (exact) mass is 764 g/mol. The van der Waals surface area contributed by atoms with Gasteiger partial charge in [-0.15, -0.1) is 0 Å². The van der Waals surface area contributed by atoms with Gasteiger partial charge in [0.05, 0.1) is 12.2 Å². The molecule has 57 heavy (non-hydrogen) atoms. The Morgan fingerprint density at radius 3 is 1.84 bits per heavy atom. The Kier molecular flexibility index (Phi) is 11.4. The Balaban J connectivity index is 0.0000000989. The van der Waals surface area contributed by atoms with E-state index in [0.29, 0.717) is 16.2 Å². The highest BCUT2D eigenvalue weighted by Gasteiger charge is 2.42. The minimum Gasteiger partial charge on any atom is -0.384 e. The van der Waals surface area contributed by atoms with Crippen LogP contribution in [0.5, 0.6) is 0 Å². The second-order valence-corrected chi connectivity index (χ2v) is 18.2. The number of ether oxygens (including phenoxy) is 1. The molecule has 12 rings (SSSR count). The van der Waals surface area contributed by atoms with Gasteiger partial charge in [0.25, 0.3) is 0 Å². The molecular weight excluding hydrogens is 699 g/mol. The SMILES string of the molecule is C1=CC2(CCNCC2)c2ccccc21.CN1CCC2(CC1)CNc1ccccc12.c1ccc2c(c1)CCC21CCNCC1.c1ccc2c(c1)COC21CCNCC1. The zero-order valence-corrected chi connectivity index (χ0v) is 34.4. The minimum atomic E-state index is 0.0435. The number of piperidine rings is 4. The highest BCUT2D eigenvalue weighted by molar-refractivity contribution is 5.65. The summed E-state index contributed by atoms with van der Waals surface area (Å²) in [7, 11) is 2.22. The van der Waals surface area contributed by atoms with Crippen LogP contribution in [-0.4, -0.2) is 70.9 Å². The van der Waals surface area contributed by atoms with Crippen molar-refractivity contribution in [2.75, 3.05) is 71.3 Å². The fourth-order valence-electron chi connectivity index (χ4n) is 11.5. The zero-order valence-electron chi connectivity index (χ0n) is 34.4.